The van der Waals surface area contributed by atoms with Gasteiger partial charge in [0.05, 0.1) is 0 Å². The van der Waals surface area contributed by atoms with Crippen LogP contribution in [0, 0.1) is 0 Å². The van der Waals surface area contributed by atoms with Crippen molar-refractivity contribution in [2.24, 2.45) is 0 Å². The van der Waals surface area contributed by atoms with Gasteiger partial charge in [0.1, 0.15) is 5.38 Å². The van der Waals surface area contributed by atoms with Gasteiger partial charge in [0.15, 0.2) is 0 Å². The van der Waals surface area contributed by atoms with Crippen LogP contribution in [0.1, 0.15) is 39.0 Å². The molecule has 2 rings (SSSR count). The van der Waals surface area contributed by atoms with Gasteiger partial charge in [0.25, 0.3) is 0 Å². The molecule has 0 aromatic carbocycles. The second kappa shape index (κ2) is 5.63. The molecule has 1 aliphatic carbocycles. The minimum Gasteiger partial charge on any atom is -0.335 e. The molecule has 0 radical (unpaired) electrons. The normalized spacial score (nSPS) is 24.1. The maximum absolute atomic E-state index is 12.2. The molecule has 92 valence electrons. The van der Waals surface area contributed by atoms with Gasteiger partial charge >= 0.3 is 0 Å². The fourth-order valence-corrected chi connectivity index (χ4v) is 3.50. The number of nitrogens with zero attached hydrogens (tertiary/aromatic N) is 1. The van der Waals surface area contributed by atoms with E-state index in [4.69, 9.17) is 11.6 Å². The number of carbonyl (C=O) groups is 1. The molecule has 1 saturated carbocycles. The van der Waals surface area contributed by atoms with Crippen molar-refractivity contribution in [3.63, 3.8) is 0 Å². The van der Waals surface area contributed by atoms with Crippen LogP contribution in [0.15, 0.2) is 0 Å². The topological polar surface area (TPSA) is 20.3 Å². The van der Waals surface area contributed by atoms with Gasteiger partial charge in [-0.1, -0.05) is 6.92 Å². The van der Waals surface area contributed by atoms with Crippen LogP contribution in [0.2, 0.25) is 0 Å². The maximum Gasteiger partial charge on any atom is 0.241 e. The predicted molar refractivity (Wildman–Crippen MR) is 70.1 cm³/mol. The van der Waals surface area contributed by atoms with Crippen molar-refractivity contribution < 1.29 is 4.79 Å². The Balaban J connectivity index is 2.00. The monoisotopic (exact) mass is 261 g/mol. The second-order valence-corrected chi connectivity index (χ2v) is 6.45. The van der Waals surface area contributed by atoms with Crippen LogP contribution in [0.4, 0.5) is 0 Å². The Labute approximate surface area is 107 Å². The van der Waals surface area contributed by atoms with Crippen molar-refractivity contribution >= 4 is 29.3 Å². The van der Waals surface area contributed by atoms with Gasteiger partial charge in [-0.05, 0) is 43.6 Å². The molecule has 0 N–H and O–H groups in total. The molecule has 1 aliphatic heterocycles. The number of amides is 1. The second-order valence-electron chi connectivity index (χ2n) is 4.70. The summed E-state index contributed by atoms with van der Waals surface area (Å²) < 4.78 is 0. The van der Waals surface area contributed by atoms with E-state index in [1.807, 2.05) is 18.7 Å². The highest BCUT2D eigenvalue weighted by molar-refractivity contribution is 7.99. The number of thioether (sulfide) groups is 1. The molecule has 0 bridgehead atoms. The van der Waals surface area contributed by atoms with Crippen LogP contribution in [-0.2, 0) is 4.79 Å². The average Bonchev–Trinajstić information content (AvgIpc) is 3.14. The van der Waals surface area contributed by atoms with Crippen LogP contribution in [0.5, 0.6) is 0 Å². The van der Waals surface area contributed by atoms with Gasteiger partial charge in [0.2, 0.25) is 5.91 Å². The van der Waals surface area contributed by atoms with Gasteiger partial charge < -0.3 is 4.90 Å². The van der Waals surface area contributed by atoms with Crippen molar-refractivity contribution in [3.05, 3.63) is 0 Å². The standard InChI is InChI=1S/C12H20ClNOS/c1-2-11(13)12(15)14(9-3-4-9)10-5-7-16-8-6-10/h9-11H,2-8H2,1H3/t11-/m0/s1. The van der Waals surface area contributed by atoms with E-state index in [0.29, 0.717) is 12.1 Å². The first kappa shape index (κ1) is 12.6. The van der Waals surface area contributed by atoms with E-state index in [9.17, 15) is 4.79 Å². The lowest BCUT2D eigenvalue weighted by Gasteiger charge is -2.35. The lowest BCUT2D eigenvalue weighted by molar-refractivity contribution is -0.134. The van der Waals surface area contributed by atoms with Gasteiger partial charge in [-0.2, -0.15) is 11.8 Å². The van der Waals surface area contributed by atoms with Crippen LogP contribution in [0.25, 0.3) is 0 Å². The summed E-state index contributed by atoms with van der Waals surface area (Å²) >= 11 is 8.11. The lowest BCUT2D eigenvalue weighted by atomic mass is 10.1. The Morgan fingerprint density at radius 2 is 1.88 bits per heavy atom. The van der Waals surface area contributed by atoms with Gasteiger partial charge in [-0.3, -0.25) is 4.79 Å². The fourth-order valence-electron chi connectivity index (χ4n) is 2.31. The van der Waals surface area contributed by atoms with Crippen molar-refractivity contribution in [3.8, 4) is 0 Å². The Kier molecular flexibility index (Phi) is 4.42. The molecule has 1 saturated heterocycles. The minimum absolute atomic E-state index is 0.184. The number of rotatable bonds is 4. The Hall–Kier alpha value is 0.110. The summed E-state index contributed by atoms with van der Waals surface area (Å²) in [6, 6.07) is 0.974. The first-order chi connectivity index (χ1) is 7.74. The number of alkyl halides is 1. The van der Waals surface area contributed by atoms with E-state index in [0.717, 1.165) is 19.3 Å². The summed E-state index contributed by atoms with van der Waals surface area (Å²) in [5.74, 6) is 2.57. The first-order valence-corrected chi connectivity index (χ1v) is 7.87. The predicted octanol–water partition coefficient (Wildman–Crippen LogP) is 2.89. The summed E-state index contributed by atoms with van der Waals surface area (Å²) in [7, 11) is 0. The molecule has 2 aliphatic rings. The summed E-state index contributed by atoms with van der Waals surface area (Å²) in [5.41, 5.74) is 0. The molecule has 0 unspecified atom stereocenters. The summed E-state index contributed by atoms with van der Waals surface area (Å²) in [6.07, 6.45) is 5.41. The Bertz CT molecular complexity index is 251. The highest BCUT2D eigenvalue weighted by Crippen LogP contribution is 2.34. The van der Waals surface area contributed by atoms with Crippen molar-refractivity contribution in [2.45, 2.75) is 56.5 Å². The lowest BCUT2D eigenvalue weighted by Crippen LogP contribution is -2.47. The van der Waals surface area contributed by atoms with Gasteiger partial charge in [-0.15, -0.1) is 11.6 Å². The van der Waals surface area contributed by atoms with Crippen molar-refractivity contribution in [2.75, 3.05) is 11.5 Å². The summed E-state index contributed by atoms with van der Waals surface area (Å²) in [6.45, 7) is 1.98. The zero-order valence-corrected chi connectivity index (χ0v) is 11.4. The van der Waals surface area contributed by atoms with E-state index in [1.165, 1.54) is 24.3 Å². The molecule has 2 nitrogen and oxygen atoms in total. The van der Waals surface area contributed by atoms with E-state index >= 15 is 0 Å². The smallest absolute Gasteiger partial charge is 0.241 e. The molecule has 2 fully saturated rings. The van der Waals surface area contributed by atoms with E-state index in [2.05, 4.69) is 4.90 Å². The van der Waals surface area contributed by atoms with Crippen LogP contribution >= 0.6 is 23.4 Å². The molecular formula is C12H20ClNOS. The third-order valence-corrected chi connectivity index (χ3v) is 4.95. The maximum atomic E-state index is 12.2. The third-order valence-electron chi connectivity index (χ3n) is 3.41. The molecular weight excluding hydrogens is 242 g/mol. The third kappa shape index (κ3) is 2.86. The highest BCUT2D eigenvalue weighted by Gasteiger charge is 2.39. The molecule has 1 heterocycles. The number of hydrogen-bond acceptors (Lipinski definition) is 2. The number of carbonyl (C=O) groups excluding carboxylic acids is 1. The Morgan fingerprint density at radius 3 is 2.38 bits per heavy atom. The van der Waals surface area contributed by atoms with Crippen molar-refractivity contribution in [1.82, 2.24) is 4.90 Å². The minimum atomic E-state index is -0.310. The van der Waals surface area contributed by atoms with Crippen LogP contribution in [-0.4, -0.2) is 39.8 Å². The quantitative estimate of drug-likeness (QED) is 0.726. The fraction of sp³-hybridized carbons (Fsp3) is 0.917. The average molecular weight is 262 g/mol. The molecule has 0 spiro atoms. The molecule has 4 heteroatoms. The van der Waals surface area contributed by atoms with Gasteiger partial charge in [0, 0.05) is 12.1 Å². The molecule has 1 amide bonds. The molecule has 0 aromatic heterocycles. The van der Waals surface area contributed by atoms with Crippen LogP contribution in [0.3, 0.4) is 0 Å². The number of hydrogen-bond donors (Lipinski definition) is 0. The first-order valence-electron chi connectivity index (χ1n) is 6.28. The van der Waals surface area contributed by atoms with E-state index in [-0.39, 0.29) is 11.3 Å². The van der Waals surface area contributed by atoms with Crippen LogP contribution < -0.4 is 0 Å². The zero-order chi connectivity index (χ0) is 11.5. The Morgan fingerprint density at radius 1 is 1.31 bits per heavy atom. The summed E-state index contributed by atoms with van der Waals surface area (Å²) in [4.78, 5) is 14.4. The highest BCUT2D eigenvalue weighted by atomic mass is 35.5. The number of halogens is 1. The molecule has 16 heavy (non-hydrogen) atoms. The van der Waals surface area contributed by atoms with E-state index in [1.54, 1.807) is 0 Å². The zero-order valence-electron chi connectivity index (χ0n) is 9.82. The van der Waals surface area contributed by atoms with E-state index < -0.39 is 0 Å². The summed E-state index contributed by atoms with van der Waals surface area (Å²) in [5, 5.41) is -0.310. The molecule has 0 aromatic rings. The van der Waals surface area contributed by atoms with Crippen molar-refractivity contribution in [1.29, 1.82) is 0 Å². The molecule has 1 atom stereocenters. The van der Waals surface area contributed by atoms with Gasteiger partial charge in [-0.25, -0.2) is 0 Å². The largest absolute Gasteiger partial charge is 0.335 e. The SMILES string of the molecule is CC[C@H](Cl)C(=O)N(C1CCSCC1)C1CC1.